The Morgan fingerprint density at radius 2 is 2.21 bits per heavy atom. The molecule has 3 heterocycles. The Balaban J connectivity index is 1.46. The van der Waals surface area contributed by atoms with Gasteiger partial charge in [0.15, 0.2) is 10.8 Å². The van der Waals surface area contributed by atoms with E-state index >= 15 is 0 Å². The van der Waals surface area contributed by atoms with Crippen LogP contribution < -0.4 is 5.32 Å². The highest BCUT2D eigenvalue weighted by Gasteiger charge is 2.14. The molecule has 0 spiro atoms. The molecule has 0 bridgehead atoms. The van der Waals surface area contributed by atoms with Crippen LogP contribution in [0.4, 0.5) is 0 Å². The van der Waals surface area contributed by atoms with E-state index in [1.54, 1.807) is 29.5 Å². The summed E-state index contributed by atoms with van der Waals surface area (Å²) in [6.07, 6.45) is 7.12. The summed E-state index contributed by atoms with van der Waals surface area (Å²) < 4.78 is 1.65. The maximum Gasteiger partial charge on any atom is 0.224 e. The first-order chi connectivity index (χ1) is 11.7. The Hall–Kier alpha value is -2.68. The van der Waals surface area contributed by atoms with Gasteiger partial charge in [-0.1, -0.05) is 6.92 Å². The highest BCUT2D eigenvalue weighted by molar-refractivity contribution is 7.13. The van der Waals surface area contributed by atoms with Gasteiger partial charge >= 0.3 is 0 Å². The van der Waals surface area contributed by atoms with Crippen molar-refractivity contribution in [2.45, 2.75) is 19.9 Å². The first-order valence-corrected chi connectivity index (χ1v) is 8.42. The molecule has 0 aliphatic heterocycles. The number of hydrogen-bond acceptors (Lipinski definition) is 7. The molecule has 1 unspecified atom stereocenters. The lowest BCUT2D eigenvalue weighted by Gasteiger charge is -2.11. The maximum atomic E-state index is 12.1. The number of nitrogens with one attached hydrogen (secondary N) is 1. The van der Waals surface area contributed by atoms with Crippen LogP contribution in [-0.2, 0) is 17.8 Å². The Morgan fingerprint density at radius 1 is 1.38 bits per heavy atom. The number of carbonyl (C=O) groups excluding carboxylic acids is 1. The van der Waals surface area contributed by atoms with Gasteiger partial charge in [0.1, 0.15) is 12.7 Å². The van der Waals surface area contributed by atoms with Gasteiger partial charge in [-0.05, 0) is 6.07 Å². The first kappa shape index (κ1) is 16.2. The summed E-state index contributed by atoms with van der Waals surface area (Å²) in [5.41, 5.74) is 0.923. The van der Waals surface area contributed by atoms with Crippen molar-refractivity contribution >= 4 is 17.2 Å². The van der Waals surface area contributed by atoms with Crippen molar-refractivity contribution in [3.63, 3.8) is 0 Å². The van der Waals surface area contributed by atoms with E-state index in [0.717, 1.165) is 10.7 Å². The van der Waals surface area contributed by atoms with Crippen LogP contribution in [0.25, 0.3) is 10.8 Å². The van der Waals surface area contributed by atoms with Crippen molar-refractivity contribution in [3.8, 4) is 10.8 Å². The van der Waals surface area contributed by atoms with Crippen LogP contribution in [0, 0.1) is 5.92 Å². The van der Waals surface area contributed by atoms with E-state index in [0.29, 0.717) is 25.3 Å². The number of nitrogens with zero attached hydrogens (tertiary/aromatic N) is 6. The van der Waals surface area contributed by atoms with Gasteiger partial charge in [0.25, 0.3) is 0 Å². The Bertz CT molecular complexity index is 772. The summed E-state index contributed by atoms with van der Waals surface area (Å²) in [7, 11) is 0. The van der Waals surface area contributed by atoms with Crippen molar-refractivity contribution in [2.24, 2.45) is 5.92 Å². The number of carbonyl (C=O) groups is 1. The fourth-order valence-electron chi connectivity index (χ4n) is 2.11. The second kappa shape index (κ2) is 7.73. The Kier molecular flexibility index (Phi) is 5.22. The standard InChI is InChI=1S/C15H17N7OS/c1-11(7-22-10-16-9-20-22)14(23)19-6-3-12-8-24-15(21-12)13-17-4-2-5-18-13/h2,4-5,8-11H,3,6-7H2,1H3,(H,19,23). The minimum Gasteiger partial charge on any atom is -0.355 e. The van der Waals surface area contributed by atoms with Gasteiger partial charge in [-0.15, -0.1) is 11.3 Å². The maximum absolute atomic E-state index is 12.1. The largest absolute Gasteiger partial charge is 0.355 e. The zero-order chi connectivity index (χ0) is 16.8. The van der Waals surface area contributed by atoms with E-state index in [-0.39, 0.29) is 11.8 Å². The van der Waals surface area contributed by atoms with Crippen molar-refractivity contribution in [2.75, 3.05) is 6.54 Å². The number of aromatic nitrogens is 6. The van der Waals surface area contributed by atoms with Gasteiger partial charge in [-0.3, -0.25) is 9.48 Å². The molecule has 1 atom stereocenters. The summed E-state index contributed by atoms with van der Waals surface area (Å²) in [5.74, 6) is 0.446. The minimum atomic E-state index is -0.171. The summed E-state index contributed by atoms with van der Waals surface area (Å²) in [6, 6.07) is 1.77. The van der Waals surface area contributed by atoms with E-state index < -0.39 is 0 Å². The van der Waals surface area contributed by atoms with Gasteiger partial charge in [-0.2, -0.15) is 5.10 Å². The Labute approximate surface area is 143 Å². The van der Waals surface area contributed by atoms with Crippen molar-refractivity contribution in [3.05, 3.63) is 42.2 Å². The third-order valence-corrected chi connectivity index (χ3v) is 4.25. The molecule has 8 nitrogen and oxygen atoms in total. The van der Waals surface area contributed by atoms with Crippen LogP contribution in [0.5, 0.6) is 0 Å². The zero-order valence-corrected chi connectivity index (χ0v) is 14.0. The molecule has 9 heteroatoms. The average molecular weight is 343 g/mol. The topological polar surface area (TPSA) is 98.5 Å². The van der Waals surface area contributed by atoms with E-state index in [9.17, 15) is 4.79 Å². The number of amides is 1. The van der Waals surface area contributed by atoms with Crippen LogP contribution >= 0.6 is 11.3 Å². The van der Waals surface area contributed by atoms with Crippen LogP contribution in [0.3, 0.4) is 0 Å². The van der Waals surface area contributed by atoms with E-state index in [4.69, 9.17) is 0 Å². The molecule has 24 heavy (non-hydrogen) atoms. The quantitative estimate of drug-likeness (QED) is 0.692. The fraction of sp³-hybridized carbons (Fsp3) is 0.333. The van der Waals surface area contributed by atoms with Gasteiger partial charge in [0, 0.05) is 30.7 Å². The average Bonchev–Trinajstić information content (AvgIpc) is 3.27. The molecule has 3 aromatic heterocycles. The molecule has 0 radical (unpaired) electrons. The van der Waals surface area contributed by atoms with Gasteiger partial charge in [-0.25, -0.2) is 19.9 Å². The predicted octanol–water partition coefficient (Wildman–Crippen LogP) is 1.19. The monoisotopic (exact) mass is 343 g/mol. The molecular formula is C15H17N7OS. The number of hydrogen-bond donors (Lipinski definition) is 1. The number of rotatable bonds is 7. The van der Waals surface area contributed by atoms with Crippen molar-refractivity contribution in [1.29, 1.82) is 0 Å². The molecule has 0 saturated heterocycles. The lowest BCUT2D eigenvalue weighted by molar-refractivity contribution is -0.124. The van der Waals surface area contributed by atoms with Gasteiger partial charge in [0.05, 0.1) is 18.2 Å². The molecule has 3 rings (SSSR count). The minimum absolute atomic E-state index is 0.00709. The molecule has 1 N–H and O–H groups in total. The second-order valence-electron chi connectivity index (χ2n) is 5.28. The molecule has 0 aromatic carbocycles. The van der Waals surface area contributed by atoms with E-state index in [2.05, 4.69) is 30.4 Å². The normalized spacial score (nSPS) is 12.0. The second-order valence-corrected chi connectivity index (χ2v) is 6.13. The van der Waals surface area contributed by atoms with Crippen LogP contribution in [0.2, 0.25) is 0 Å². The lowest BCUT2D eigenvalue weighted by atomic mass is 10.1. The third kappa shape index (κ3) is 4.19. The molecule has 0 aliphatic carbocycles. The van der Waals surface area contributed by atoms with Crippen molar-refractivity contribution in [1.82, 2.24) is 35.0 Å². The predicted molar refractivity (Wildman–Crippen MR) is 89.0 cm³/mol. The molecule has 124 valence electrons. The van der Waals surface area contributed by atoms with Crippen molar-refractivity contribution < 1.29 is 4.79 Å². The van der Waals surface area contributed by atoms with E-state index in [1.165, 1.54) is 17.7 Å². The van der Waals surface area contributed by atoms with E-state index in [1.807, 2.05) is 12.3 Å². The molecule has 0 aliphatic rings. The SMILES string of the molecule is CC(Cn1cncn1)C(=O)NCCc1csc(-c2ncccn2)n1. The molecule has 0 fully saturated rings. The molecule has 0 saturated carbocycles. The number of thiazole rings is 1. The van der Waals surface area contributed by atoms with Crippen LogP contribution in [0.15, 0.2) is 36.5 Å². The van der Waals surface area contributed by atoms with Gasteiger partial charge < -0.3 is 5.32 Å². The first-order valence-electron chi connectivity index (χ1n) is 7.54. The summed E-state index contributed by atoms with van der Waals surface area (Å²) >= 11 is 1.50. The van der Waals surface area contributed by atoms with Gasteiger partial charge in [0.2, 0.25) is 5.91 Å². The highest BCUT2D eigenvalue weighted by atomic mass is 32.1. The Morgan fingerprint density at radius 3 is 2.96 bits per heavy atom. The van der Waals surface area contributed by atoms with Crippen LogP contribution in [0.1, 0.15) is 12.6 Å². The zero-order valence-electron chi connectivity index (χ0n) is 13.2. The molecule has 1 amide bonds. The smallest absolute Gasteiger partial charge is 0.224 e. The highest BCUT2D eigenvalue weighted by Crippen LogP contribution is 2.19. The summed E-state index contributed by atoms with van der Waals surface area (Å²) in [4.78, 5) is 28.8. The fourth-order valence-corrected chi connectivity index (χ4v) is 2.91. The molecule has 3 aromatic rings. The summed E-state index contributed by atoms with van der Waals surface area (Å²) in [6.45, 7) is 2.92. The summed E-state index contributed by atoms with van der Waals surface area (Å²) in [5, 5.41) is 9.69. The van der Waals surface area contributed by atoms with Crippen LogP contribution in [-0.4, -0.2) is 42.2 Å². The third-order valence-electron chi connectivity index (χ3n) is 3.36. The molecular weight excluding hydrogens is 326 g/mol. The lowest BCUT2D eigenvalue weighted by Crippen LogP contribution is -2.33.